The Kier molecular flexibility index (Phi) is 3.03. The molecule has 0 bridgehead atoms. The zero-order valence-corrected chi connectivity index (χ0v) is 13.3. The Balaban J connectivity index is 1.72. The lowest BCUT2D eigenvalue weighted by Crippen LogP contribution is -2.31. The van der Waals surface area contributed by atoms with Crippen LogP contribution >= 0.6 is 0 Å². The fourth-order valence-electron chi connectivity index (χ4n) is 3.18. The summed E-state index contributed by atoms with van der Waals surface area (Å²) in [5.74, 6) is 2.40. The van der Waals surface area contributed by atoms with Crippen LogP contribution in [0, 0.1) is 0 Å². The summed E-state index contributed by atoms with van der Waals surface area (Å²) in [6.07, 6.45) is 4.04. The maximum atomic E-state index is 5.96. The van der Waals surface area contributed by atoms with E-state index in [1.807, 2.05) is 28.8 Å². The highest BCUT2D eigenvalue weighted by molar-refractivity contribution is 5.95. The van der Waals surface area contributed by atoms with Gasteiger partial charge in [0.25, 0.3) is 0 Å². The van der Waals surface area contributed by atoms with E-state index in [1.165, 1.54) is 0 Å². The molecule has 1 aromatic carbocycles. The number of anilines is 1. The van der Waals surface area contributed by atoms with E-state index in [9.17, 15) is 0 Å². The molecular weight excluding hydrogens is 320 g/mol. The number of aliphatic imine (C=N–C) groups is 1. The Morgan fingerprint density at radius 3 is 2.84 bits per heavy atom. The number of nitrogens with one attached hydrogen (secondary N) is 1. The summed E-state index contributed by atoms with van der Waals surface area (Å²) in [6, 6.07) is 7.71. The summed E-state index contributed by atoms with van der Waals surface area (Å²) >= 11 is 0. The van der Waals surface area contributed by atoms with Crippen molar-refractivity contribution < 1.29 is 9.47 Å². The molecule has 1 atom stereocenters. The van der Waals surface area contributed by atoms with Crippen LogP contribution < -0.4 is 20.5 Å². The van der Waals surface area contributed by atoms with Crippen LogP contribution in [-0.2, 0) is 0 Å². The maximum absolute atomic E-state index is 5.96. The molecule has 0 aliphatic carbocycles. The van der Waals surface area contributed by atoms with E-state index in [-0.39, 0.29) is 6.17 Å². The second-order valence-electron chi connectivity index (χ2n) is 5.94. The van der Waals surface area contributed by atoms with Crippen LogP contribution in [0.1, 0.15) is 18.2 Å². The van der Waals surface area contributed by atoms with Gasteiger partial charge in [0, 0.05) is 36.5 Å². The molecule has 8 heteroatoms. The van der Waals surface area contributed by atoms with Gasteiger partial charge < -0.3 is 15.2 Å². The van der Waals surface area contributed by atoms with Gasteiger partial charge in [0.2, 0.25) is 5.95 Å². The van der Waals surface area contributed by atoms with Gasteiger partial charge in [0.1, 0.15) is 0 Å². The van der Waals surface area contributed by atoms with E-state index in [2.05, 4.69) is 20.3 Å². The zero-order valence-electron chi connectivity index (χ0n) is 13.3. The smallest absolute Gasteiger partial charge is 0.212 e. The van der Waals surface area contributed by atoms with E-state index in [1.54, 1.807) is 12.4 Å². The van der Waals surface area contributed by atoms with Gasteiger partial charge in [-0.05, 0) is 6.07 Å². The van der Waals surface area contributed by atoms with Crippen LogP contribution in [0.2, 0.25) is 0 Å². The van der Waals surface area contributed by atoms with Crippen molar-refractivity contribution in [3.8, 4) is 11.5 Å². The Bertz CT molecular complexity index is 982. The third-order valence-electron chi connectivity index (χ3n) is 4.29. The summed E-state index contributed by atoms with van der Waals surface area (Å²) in [7, 11) is 0. The van der Waals surface area contributed by atoms with Crippen LogP contribution in [0.4, 0.5) is 5.95 Å². The quantitative estimate of drug-likeness (QED) is 0.704. The minimum Gasteiger partial charge on any atom is -0.489 e. The number of aromatic nitrogens is 3. The van der Waals surface area contributed by atoms with Crippen molar-refractivity contribution in [3.63, 3.8) is 0 Å². The molecule has 0 saturated heterocycles. The Morgan fingerprint density at radius 2 is 2.04 bits per heavy atom. The lowest BCUT2D eigenvalue weighted by atomic mass is 10.2. The van der Waals surface area contributed by atoms with Gasteiger partial charge in [-0.3, -0.25) is 14.9 Å². The molecule has 126 valence electrons. The topological polar surface area (TPSA) is 99.6 Å². The van der Waals surface area contributed by atoms with Gasteiger partial charge in [-0.2, -0.15) is 0 Å². The van der Waals surface area contributed by atoms with E-state index in [0.29, 0.717) is 30.9 Å². The number of hydrogen-bond acceptors (Lipinski definition) is 7. The molecular formula is C17H16N6O2. The highest BCUT2D eigenvalue weighted by Gasteiger charge is 2.26. The molecule has 0 amide bonds. The third-order valence-corrected chi connectivity index (χ3v) is 4.29. The van der Waals surface area contributed by atoms with Crippen molar-refractivity contribution in [1.29, 1.82) is 0 Å². The summed E-state index contributed by atoms with van der Waals surface area (Å²) in [5.41, 5.74) is 8.58. The normalized spacial score (nSPS) is 18.9. The number of pyridine rings is 1. The average molecular weight is 336 g/mol. The molecule has 5 rings (SSSR count). The molecule has 0 unspecified atom stereocenters. The van der Waals surface area contributed by atoms with Crippen molar-refractivity contribution in [2.75, 3.05) is 18.5 Å². The lowest BCUT2D eigenvalue weighted by molar-refractivity contribution is 0.297. The van der Waals surface area contributed by atoms with Crippen LogP contribution in [0.3, 0.4) is 0 Å². The monoisotopic (exact) mass is 336 g/mol. The number of nitrogens with zero attached hydrogens (tertiary/aromatic N) is 4. The SMILES string of the molecule is NC1=N[C@@H](c2cccnc2)n2c(nc3cc4c(cc32)OCCCO4)N1. The van der Waals surface area contributed by atoms with Gasteiger partial charge in [-0.1, -0.05) is 6.07 Å². The van der Waals surface area contributed by atoms with Crippen molar-refractivity contribution in [2.24, 2.45) is 10.7 Å². The van der Waals surface area contributed by atoms with Crippen LogP contribution in [0.5, 0.6) is 11.5 Å². The Labute approximate surface area is 143 Å². The van der Waals surface area contributed by atoms with E-state index < -0.39 is 0 Å². The molecule has 0 fully saturated rings. The second-order valence-corrected chi connectivity index (χ2v) is 5.94. The van der Waals surface area contributed by atoms with Gasteiger partial charge >= 0.3 is 0 Å². The largest absolute Gasteiger partial charge is 0.489 e. The summed E-state index contributed by atoms with van der Waals surface area (Å²) in [6.45, 7) is 1.27. The molecule has 3 aromatic rings. The summed E-state index contributed by atoms with van der Waals surface area (Å²) < 4.78 is 13.6. The number of guanidine groups is 1. The maximum Gasteiger partial charge on any atom is 0.212 e. The van der Waals surface area contributed by atoms with Gasteiger partial charge in [-0.25, -0.2) is 9.98 Å². The standard InChI is InChI=1S/C17H16N6O2/c18-16-21-15(10-3-1-4-19-9-10)23-12-8-14-13(24-5-2-6-25-14)7-11(12)20-17(23)22-16/h1,3-4,7-9,15H,2,5-6H2,(H3,18,20,21,22)/t15-/m1/s1. The first-order valence-corrected chi connectivity index (χ1v) is 8.11. The number of imidazole rings is 1. The highest BCUT2D eigenvalue weighted by atomic mass is 16.5. The lowest BCUT2D eigenvalue weighted by Gasteiger charge is -2.23. The molecule has 8 nitrogen and oxygen atoms in total. The van der Waals surface area contributed by atoms with Crippen molar-refractivity contribution in [1.82, 2.24) is 14.5 Å². The number of rotatable bonds is 1. The molecule has 0 saturated carbocycles. The molecule has 0 radical (unpaired) electrons. The van der Waals surface area contributed by atoms with Crippen LogP contribution in [0.15, 0.2) is 41.7 Å². The fraction of sp³-hybridized carbons (Fsp3) is 0.235. The molecule has 4 heterocycles. The predicted molar refractivity (Wildman–Crippen MR) is 93.0 cm³/mol. The third kappa shape index (κ3) is 2.25. The number of nitrogens with two attached hydrogens (primary N) is 1. The van der Waals surface area contributed by atoms with Crippen molar-refractivity contribution in [2.45, 2.75) is 12.6 Å². The predicted octanol–water partition coefficient (Wildman–Crippen LogP) is 1.88. The molecule has 25 heavy (non-hydrogen) atoms. The number of benzene rings is 1. The summed E-state index contributed by atoms with van der Waals surface area (Å²) in [4.78, 5) is 13.4. The second kappa shape index (κ2) is 5.37. The fourth-order valence-corrected chi connectivity index (χ4v) is 3.18. The van der Waals surface area contributed by atoms with Gasteiger partial charge in [0.15, 0.2) is 23.6 Å². The number of ether oxygens (including phenoxy) is 2. The number of fused-ring (bicyclic) bond motifs is 4. The minimum atomic E-state index is -0.334. The first-order valence-electron chi connectivity index (χ1n) is 8.11. The van der Waals surface area contributed by atoms with Crippen LogP contribution in [0.25, 0.3) is 11.0 Å². The van der Waals surface area contributed by atoms with E-state index in [0.717, 1.165) is 28.8 Å². The molecule has 3 N–H and O–H groups in total. The zero-order chi connectivity index (χ0) is 16.8. The highest BCUT2D eigenvalue weighted by Crippen LogP contribution is 2.38. The van der Waals surface area contributed by atoms with Gasteiger partial charge in [-0.15, -0.1) is 0 Å². The molecule has 2 aliphatic rings. The van der Waals surface area contributed by atoms with Gasteiger partial charge in [0.05, 0.1) is 24.2 Å². The van der Waals surface area contributed by atoms with Crippen LogP contribution in [-0.4, -0.2) is 33.7 Å². The first kappa shape index (κ1) is 14.1. The molecule has 2 aliphatic heterocycles. The van der Waals surface area contributed by atoms with Crippen molar-refractivity contribution >= 4 is 22.9 Å². The van der Waals surface area contributed by atoms with E-state index in [4.69, 9.17) is 15.2 Å². The Morgan fingerprint density at radius 1 is 1.20 bits per heavy atom. The first-order chi connectivity index (χ1) is 12.3. The number of hydrogen-bond donors (Lipinski definition) is 2. The Hall–Kier alpha value is -3.29. The average Bonchev–Trinajstić information content (AvgIpc) is 2.81. The van der Waals surface area contributed by atoms with Crippen molar-refractivity contribution in [3.05, 3.63) is 42.2 Å². The molecule has 0 spiro atoms. The molecule has 2 aromatic heterocycles. The summed E-state index contributed by atoms with van der Waals surface area (Å²) in [5, 5.41) is 3.03. The van der Waals surface area contributed by atoms with E-state index >= 15 is 0 Å². The minimum absolute atomic E-state index is 0.325.